The lowest BCUT2D eigenvalue weighted by Gasteiger charge is -2.16. The summed E-state index contributed by atoms with van der Waals surface area (Å²) in [5.74, 6) is -0.356. The second-order valence-corrected chi connectivity index (χ2v) is 6.56. The lowest BCUT2D eigenvalue weighted by Crippen LogP contribution is -2.14. The topological polar surface area (TPSA) is 105 Å². The first-order valence-corrected chi connectivity index (χ1v) is 9.41. The van der Waals surface area contributed by atoms with Crippen LogP contribution in [0.15, 0.2) is 42.5 Å². The molecule has 0 atom stereocenters. The zero-order chi connectivity index (χ0) is 20.5. The van der Waals surface area contributed by atoms with Crippen molar-refractivity contribution in [2.45, 2.75) is 39.5 Å². The fraction of sp³-hybridized carbons (Fsp3) is 0.318. The summed E-state index contributed by atoms with van der Waals surface area (Å²) in [5, 5.41) is 10.3. The molecule has 6 heteroatoms. The molecular formula is C22H27N3O3. The van der Waals surface area contributed by atoms with Crippen molar-refractivity contribution in [3.8, 4) is 0 Å². The van der Waals surface area contributed by atoms with E-state index in [0.29, 0.717) is 17.7 Å². The minimum atomic E-state index is -0.211. The highest BCUT2D eigenvalue weighted by atomic mass is 16.5. The summed E-state index contributed by atoms with van der Waals surface area (Å²) in [7, 11) is 0. The molecule has 0 spiro atoms. The zero-order valence-corrected chi connectivity index (χ0v) is 16.4. The minimum Gasteiger partial charge on any atom is -0.466 e. The molecule has 0 unspecified atom stereocenters. The number of benzene rings is 2. The van der Waals surface area contributed by atoms with Gasteiger partial charge in [-0.25, -0.2) is 0 Å². The summed E-state index contributed by atoms with van der Waals surface area (Å²) in [5.41, 5.74) is 10.2. The quantitative estimate of drug-likeness (QED) is 0.427. The van der Waals surface area contributed by atoms with E-state index in [1.807, 2.05) is 6.07 Å². The number of nitrogens with one attached hydrogen (secondary N) is 2. The maximum absolute atomic E-state index is 12.3. The molecule has 1 amide bonds. The molecule has 0 radical (unpaired) electrons. The van der Waals surface area contributed by atoms with Gasteiger partial charge in [0.1, 0.15) is 5.84 Å². The number of carbonyl (C=O) groups excluding carboxylic acids is 2. The second kappa shape index (κ2) is 10.3. The summed E-state index contributed by atoms with van der Waals surface area (Å²) in [6.45, 7) is 3.65. The average molecular weight is 381 g/mol. The largest absolute Gasteiger partial charge is 0.466 e. The molecule has 0 bridgehead atoms. The van der Waals surface area contributed by atoms with Crippen LogP contribution in [0.25, 0.3) is 0 Å². The Bertz CT molecular complexity index is 845. The van der Waals surface area contributed by atoms with Gasteiger partial charge in [-0.2, -0.15) is 0 Å². The highest BCUT2D eigenvalue weighted by molar-refractivity contribution is 6.05. The molecule has 1 aliphatic carbocycles. The number of ether oxygens (including phenoxy) is 1. The molecule has 0 aliphatic heterocycles. The molecule has 2 aromatic rings. The predicted octanol–water partition coefficient (Wildman–Crippen LogP) is 3.67. The minimum absolute atomic E-state index is 0.00152. The summed E-state index contributed by atoms with van der Waals surface area (Å²) >= 11 is 0. The molecule has 148 valence electrons. The van der Waals surface area contributed by atoms with Crippen molar-refractivity contribution in [2.75, 3.05) is 11.9 Å². The Morgan fingerprint density at radius 2 is 1.64 bits per heavy atom. The van der Waals surface area contributed by atoms with Gasteiger partial charge < -0.3 is 15.8 Å². The number of esters is 1. The Balaban J connectivity index is 0.000000409. The Morgan fingerprint density at radius 3 is 2.18 bits per heavy atom. The Labute approximate surface area is 165 Å². The van der Waals surface area contributed by atoms with E-state index in [0.717, 1.165) is 18.5 Å². The van der Waals surface area contributed by atoms with Crippen molar-refractivity contribution < 1.29 is 14.3 Å². The number of aryl methyl sites for hydroxylation is 2. The SMILES string of the molecule is CCOC(C)=O.N=C(N)c1ccc(C(=O)Nc2ccc3c(c2)CCCC3)cc1. The number of carbonyl (C=O) groups is 2. The van der Waals surface area contributed by atoms with Crippen LogP contribution in [0.2, 0.25) is 0 Å². The van der Waals surface area contributed by atoms with E-state index in [4.69, 9.17) is 11.1 Å². The van der Waals surface area contributed by atoms with Crippen molar-refractivity contribution in [1.82, 2.24) is 0 Å². The smallest absolute Gasteiger partial charge is 0.302 e. The second-order valence-electron chi connectivity index (χ2n) is 6.56. The van der Waals surface area contributed by atoms with Gasteiger partial charge >= 0.3 is 5.97 Å². The third-order valence-electron chi connectivity index (χ3n) is 4.41. The molecule has 0 saturated carbocycles. The fourth-order valence-electron chi connectivity index (χ4n) is 3.02. The first-order valence-electron chi connectivity index (χ1n) is 9.41. The summed E-state index contributed by atoms with van der Waals surface area (Å²) < 4.78 is 4.40. The molecule has 1 aliphatic rings. The molecule has 0 heterocycles. The van der Waals surface area contributed by atoms with Crippen LogP contribution in [0.5, 0.6) is 0 Å². The van der Waals surface area contributed by atoms with Crippen LogP contribution in [-0.4, -0.2) is 24.3 Å². The Kier molecular flexibility index (Phi) is 7.75. The highest BCUT2D eigenvalue weighted by Crippen LogP contribution is 2.24. The molecular weight excluding hydrogens is 354 g/mol. The molecule has 4 N–H and O–H groups in total. The van der Waals surface area contributed by atoms with E-state index in [1.165, 1.54) is 30.9 Å². The van der Waals surface area contributed by atoms with Gasteiger partial charge in [-0.15, -0.1) is 0 Å². The van der Waals surface area contributed by atoms with Crippen molar-refractivity contribution in [3.63, 3.8) is 0 Å². The summed E-state index contributed by atoms with van der Waals surface area (Å²) in [6.07, 6.45) is 4.69. The molecule has 3 rings (SSSR count). The van der Waals surface area contributed by atoms with Gasteiger partial charge in [0.05, 0.1) is 6.61 Å². The number of hydrogen-bond acceptors (Lipinski definition) is 4. The van der Waals surface area contributed by atoms with Crippen molar-refractivity contribution in [2.24, 2.45) is 5.73 Å². The lowest BCUT2D eigenvalue weighted by molar-refractivity contribution is -0.140. The molecule has 0 saturated heterocycles. The van der Waals surface area contributed by atoms with E-state index < -0.39 is 0 Å². The van der Waals surface area contributed by atoms with Gasteiger partial charge in [0.15, 0.2) is 0 Å². The van der Waals surface area contributed by atoms with Gasteiger partial charge in [-0.05, 0) is 68.0 Å². The first kappa shape index (κ1) is 21.2. The molecule has 6 nitrogen and oxygen atoms in total. The first-order chi connectivity index (χ1) is 13.4. The zero-order valence-electron chi connectivity index (χ0n) is 16.4. The van der Waals surface area contributed by atoms with E-state index >= 15 is 0 Å². The number of hydrogen-bond donors (Lipinski definition) is 3. The van der Waals surface area contributed by atoms with E-state index in [1.54, 1.807) is 31.2 Å². The Morgan fingerprint density at radius 1 is 1.04 bits per heavy atom. The number of anilines is 1. The van der Waals surface area contributed by atoms with E-state index in [-0.39, 0.29) is 17.7 Å². The molecule has 2 aromatic carbocycles. The van der Waals surface area contributed by atoms with E-state index in [2.05, 4.69) is 22.2 Å². The highest BCUT2D eigenvalue weighted by Gasteiger charge is 2.11. The van der Waals surface area contributed by atoms with Crippen LogP contribution in [-0.2, 0) is 22.4 Å². The molecule has 0 fully saturated rings. The number of amidine groups is 1. The number of nitrogens with two attached hydrogens (primary N) is 1. The van der Waals surface area contributed by atoms with Crippen molar-refractivity contribution in [1.29, 1.82) is 5.41 Å². The summed E-state index contributed by atoms with van der Waals surface area (Å²) in [6, 6.07) is 12.9. The van der Waals surface area contributed by atoms with Crippen LogP contribution >= 0.6 is 0 Å². The average Bonchev–Trinajstić information content (AvgIpc) is 2.68. The summed E-state index contributed by atoms with van der Waals surface area (Å²) in [4.78, 5) is 22.1. The van der Waals surface area contributed by atoms with Gasteiger partial charge in [0, 0.05) is 23.7 Å². The standard InChI is InChI=1S/C18H19N3O.C4H8O2/c19-17(20)13-5-7-14(8-6-13)18(22)21-16-10-9-12-3-1-2-4-15(12)11-16;1-3-6-4(2)5/h5-11H,1-4H2,(H3,19,20)(H,21,22);3H2,1-2H3. The van der Waals surface area contributed by atoms with Crippen LogP contribution < -0.4 is 11.1 Å². The van der Waals surface area contributed by atoms with Crippen LogP contribution in [0.4, 0.5) is 5.69 Å². The van der Waals surface area contributed by atoms with Crippen LogP contribution in [0.3, 0.4) is 0 Å². The van der Waals surface area contributed by atoms with Crippen LogP contribution in [0, 0.1) is 5.41 Å². The van der Waals surface area contributed by atoms with Crippen molar-refractivity contribution in [3.05, 3.63) is 64.7 Å². The van der Waals surface area contributed by atoms with Crippen LogP contribution in [0.1, 0.15) is 53.7 Å². The van der Waals surface area contributed by atoms with E-state index in [9.17, 15) is 9.59 Å². The van der Waals surface area contributed by atoms with Crippen molar-refractivity contribution >= 4 is 23.4 Å². The number of fused-ring (bicyclic) bond motifs is 1. The number of nitrogen functional groups attached to an aromatic ring is 1. The molecule has 28 heavy (non-hydrogen) atoms. The third kappa shape index (κ3) is 6.23. The van der Waals surface area contributed by atoms with Gasteiger partial charge in [-0.1, -0.05) is 18.2 Å². The Hall–Kier alpha value is -3.15. The lowest BCUT2D eigenvalue weighted by atomic mass is 9.91. The normalized spacial score (nSPS) is 12.1. The monoisotopic (exact) mass is 381 g/mol. The number of amides is 1. The maximum atomic E-state index is 12.3. The van der Waals surface area contributed by atoms with Gasteiger partial charge in [0.25, 0.3) is 5.91 Å². The third-order valence-corrected chi connectivity index (χ3v) is 4.41. The van der Waals surface area contributed by atoms with Gasteiger partial charge in [0.2, 0.25) is 0 Å². The number of rotatable bonds is 4. The maximum Gasteiger partial charge on any atom is 0.302 e. The molecule has 0 aromatic heterocycles. The predicted molar refractivity (Wildman–Crippen MR) is 111 cm³/mol. The fourth-order valence-corrected chi connectivity index (χ4v) is 3.02. The van der Waals surface area contributed by atoms with Gasteiger partial charge in [-0.3, -0.25) is 15.0 Å².